The van der Waals surface area contributed by atoms with Crippen molar-refractivity contribution in [3.63, 3.8) is 0 Å². The predicted molar refractivity (Wildman–Crippen MR) is 116 cm³/mol. The van der Waals surface area contributed by atoms with Crippen molar-refractivity contribution in [3.8, 4) is 0 Å². The van der Waals surface area contributed by atoms with Gasteiger partial charge >= 0.3 is 12.0 Å². The molecule has 3 rings (SSSR count). The van der Waals surface area contributed by atoms with Gasteiger partial charge in [0.05, 0.1) is 6.04 Å². The largest absolute Gasteiger partial charge is 0.480 e. The van der Waals surface area contributed by atoms with Crippen LogP contribution >= 0.6 is 23.2 Å². The first-order valence-corrected chi connectivity index (χ1v) is 10.1. The molecule has 3 aromatic rings. The van der Waals surface area contributed by atoms with E-state index in [0.717, 1.165) is 5.56 Å². The summed E-state index contributed by atoms with van der Waals surface area (Å²) in [6, 6.07) is 12.6. The van der Waals surface area contributed by atoms with E-state index >= 15 is 0 Å². The molecule has 31 heavy (non-hydrogen) atoms. The third-order valence-corrected chi connectivity index (χ3v) is 5.09. The Balaban J connectivity index is 1.83. The number of aliphatic carboxylic acids is 1. The maximum Gasteiger partial charge on any atom is 0.319 e. The molecule has 3 N–H and O–H groups in total. The van der Waals surface area contributed by atoms with E-state index in [0.29, 0.717) is 22.2 Å². The number of carbonyl (C=O) groups excluding carboxylic acids is 1. The highest BCUT2D eigenvalue weighted by atomic mass is 35.5. The molecule has 0 radical (unpaired) electrons. The number of aromatic nitrogens is 2. The lowest BCUT2D eigenvalue weighted by molar-refractivity contribution is -0.143. The molecule has 0 bridgehead atoms. The van der Waals surface area contributed by atoms with Gasteiger partial charge in [-0.25, -0.2) is 4.79 Å². The molecule has 0 aliphatic carbocycles. The number of nitrogens with one attached hydrogen (secondary N) is 2. The highest BCUT2D eigenvalue weighted by Gasteiger charge is 2.37. The Morgan fingerprint density at radius 2 is 1.65 bits per heavy atom. The highest BCUT2D eigenvalue weighted by Crippen LogP contribution is 2.25. The Hall–Kier alpha value is -3.10. The molecule has 8 nitrogen and oxygen atoms in total. The summed E-state index contributed by atoms with van der Waals surface area (Å²) in [4.78, 5) is 28.3. The van der Waals surface area contributed by atoms with Crippen LogP contribution in [-0.4, -0.2) is 27.2 Å². The van der Waals surface area contributed by atoms with Crippen molar-refractivity contribution in [2.45, 2.75) is 31.7 Å². The minimum Gasteiger partial charge on any atom is -0.480 e. The van der Waals surface area contributed by atoms with Crippen molar-refractivity contribution >= 4 is 40.9 Å². The van der Waals surface area contributed by atoms with Crippen molar-refractivity contribution < 1.29 is 19.2 Å². The first-order chi connectivity index (χ1) is 14.6. The van der Waals surface area contributed by atoms with Crippen molar-refractivity contribution in [3.05, 3.63) is 75.9 Å². The Kier molecular flexibility index (Phi) is 6.82. The van der Waals surface area contributed by atoms with Crippen LogP contribution in [0.15, 0.2) is 53.1 Å². The van der Waals surface area contributed by atoms with Crippen LogP contribution in [0, 0.1) is 0 Å². The molecule has 1 aromatic heterocycles. The van der Waals surface area contributed by atoms with E-state index < -0.39 is 23.5 Å². The van der Waals surface area contributed by atoms with Crippen LogP contribution in [0.2, 0.25) is 10.0 Å². The molecule has 0 aliphatic rings. The molecule has 10 heteroatoms. The number of carboxylic acid groups (broad SMARTS) is 1. The van der Waals surface area contributed by atoms with Gasteiger partial charge < -0.3 is 20.3 Å². The second kappa shape index (κ2) is 9.36. The van der Waals surface area contributed by atoms with Crippen LogP contribution in [0.25, 0.3) is 0 Å². The number of amides is 2. The van der Waals surface area contributed by atoms with Crippen LogP contribution in [0.5, 0.6) is 0 Å². The summed E-state index contributed by atoms with van der Waals surface area (Å²) in [6.07, 6.45) is 0.331. The second-order valence-corrected chi connectivity index (χ2v) is 8.25. The van der Waals surface area contributed by atoms with E-state index in [4.69, 9.17) is 27.7 Å². The van der Waals surface area contributed by atoms with Gasteiger partial charge in [0.15, 0.2) is 5.82 Å². The van der Waals surface area contributed by atoms with Crippen LogP contribution in [0.4, 0.5) is 10.5 Å². The maximum atomic E-state index is 12.6. The molecule has 0 saturated heterocycles. The summed E-state index contributed by atoms with van der Waals surface area (Å²) in [5, 5.41) is 20.0. The molecular formula is C21H20Cl2N4O4. The number of carboxylic acids is 1. The van der Waals surface area contributed by atoms with Crippen molar-refractivity contribution in [1.82, 2.24) is 15.5 Å². The Bertz CT molecular complexity index is 1070. The lowest BCUT2D eigenvalue weighted by Gasteiger charge is -2.17. The molecule has 0 aliphatic heterocycles. The summed E-state index contributed by atoms with van der Waals surface area (Å²) in [6.45, 7) is 2.92. The zero-order chi connectivity index (χ0) is 22.6. The number of carbonyl (C=O) groups is 2. The fraction of sp³-hybridized carbons (Fsp3) is 0.238. The number of hydrogen-bond donors (Lipinski definition) is 3. The fourth-order valence-corrected chi connectivity index (χ4v) is 2.90. The maximum absolute atomic E-state index is 12.6. The van der Waals surface area contributed by atoms with E-state index in [2.05, 4.69) is 20.8 Å². The number of halogens is 2. The normalized spacial score (nSPS) is 12.3. The monoisotopic (exact) mass is 462 g/mol. The number of nitrogens with zero attached hydrogens (tertiary/aromatic N) is 2. The van der Waals surface area contributed by atoms with E-state index in [1.807, 2.05) is 12.1 Å². The van der Waals surface area contributed by atoms with Crippen LogP contribution in [0.1, 0.15) is 37.2 Å². The molecule has 1 unspecified atom stereocenters. The molecular weight excluding hydrogens is 443 g/mol. The van der Waals surface area contributed by atoms with Crippen molar-refractivity contribution in [2.24, 2.45) is 0 Å². The minimum atomic E-state index is -1.37. The number of benzene rings is 2. The molecule has 1 atom stereocenters. The minimum absolute atomic E-state index is 0.0592. The van der Waals surface area contributed by atoms with Gasteiger partial charge in [0.2, 0.25) is 5.89 Å². The Morgan fingerprint density at radius 3 is 2.23 bits per heavy atom. The zero-order valence-electron chi connectivity index (χ0n) is 16.7. The molecule has 0 saturated carbocycles. The lowest BCUT2D eigenvalue weighted by atomic mass is 9.94. The molecule has 1 heterocycles. The van der Waals surface area contributed by atoms with Gasteiger partial charge in [-0.15, -0.1) is 0 Å². The first-order valence-electron chi connectivity index (χ1n) is 9.30. The van der Waals surface area contributed by atoms with E-state index in [9.17, 15) is 14.7 Å². The average molecular weight is 463 g/mol. The first kappa shape index (κ1) is 22.6. The smallest absolute Gasteiger partial charge is 0.319 e. The van der Waals surface area contributed by atoms with Gasteiger partial charge in [0, 0.05) is 22.2 Å². The van der Waals surface area contributed by atoms with Gasteiger partial charge in [0.1, 0.15) is 5.41 Å². The third-order valence-electron chi connectivity index (χ3n) is 4.58. The average Bonchev–Trinajstić information content (AvgIpc) is 3.22. The number of rotatable bonds is 7. The summed E-state index contributed by atoms with van der Waals surface area (Å²) in [7, 11) is 0. The van der Waals surface area contributed by atoms with Crippen LogP contribution in [0.3, 0.4) is 0 Å². The van der Waals surface area contributed by atoms with Crippen LogP contribution < -0.4 is 10.6 Å². The van der Waals surface area contributed by atoms with Crippen LogP contribution in [-0.2, 0) is 16.6 Å². The topological polar surface area (TPSA) is 117 Å². The van der Waals surface area contributed by atoms with Crippen molar-refractivity contribution in [1.29, 1.82) is 0 Å². The quantitative estimate of drug-likeness (QED) is 0.462. The van der Waals surface area contributed by atoms with Gasteiger partial charge in [-0.1, -0.05) is 40.5 Å². The van der Waals surface area contributed by atoms with Gasteiger partial charge in [-0.2, -0.15) is 4.98 Å². The predicted octanol–water partition coefficient (Wildman–Crippen LogP) is 4.84. The molecule has 0 spiro atoms. The third kappa shape index (κ3) is 5.74. The lowest BCUT2D eigenvalue weighted by Crippen LogP contribution is -2.34. The van der Waals surface area contributed by atoms with Crippen molar-refractivity contribution in [2.75, 3.05) is 5.32 Å². The highest BCUT2D eigenvalue weighted by molar-refractivity contribution is 6.30. The molecule has 0 fully saturated rings. The second-order valence-electron chi connectivity index (χ2n) is 7.38. The SMILES string of the molecule is CC(C)(C(=O)O)c1nc(C(Cc2ccc(Cl)cc2)NC(=O)Nc2ccc(Cl)cc2)no1. The summed E-state index contributed by atoms with van der Waals surface area (Å²) < 4.78 is 5.19. The summed E-state index contributed by atoms with van der Waals surface area (Å²) in [5.41, 5.74) is 0.0414. The fourth-order valence-electron chi connectivity index (χ4n) is 2.64. The Labute approximate surface area is 188 Å². The van der Waals surface area contributed by atoms with Gasteiger partial charge in [-0.3, -0.25) is 4.79 Å². The van der Waals surface area contributed by atoms with E-state index in [1.54, 1.807) is 36.4 Å². The summed E-state index contributed by atoms with van der Waals surface area (Å²) in [5.74, 6) is -1.01. The molecule has 162 valence electrons. The van der Waals surface area contributed by atoms with Gasteiger partial charge in [0.25, 0.3) is 0 Å². The van der Waals surface area contributed by atoms with E-state index in [1.165, 1.54) is 13.8 Å². The zero-order valence-corrected chi connectivity index (χ0v) is 18.2. The standard InChI is InChI=1S/C21H20Cl2N4O4/c1-21(2,19(28)29)18-26-17(27-31-18)16(11-12-3-5-13(22)6-4-12)25-20(30)24-15-9-7-14(23)8-10-15/h3-10,16H,11H2,1-2H3,(H,28,29)(H2,24,25,30). The number of hydrogen-bond acceptors (Lipinski definition) is 5. The van der Waals surface area contributed by atoms with Gasteiger partial charge in [-0.05, 0) is 55.8 Å². The molecule has 2 amide bonds. The molecule has 2 aromatic carbocycles. The number of urea groups is 1. The van der Waals surface area contributed by atoms with E-state index in [-0.39, 0.29) is 11.7 Å². The Morgan fingerprint density at radius 1 is 1.06 bits per heavy atom. The summed E-state index contributed by atoms with van der Waals surface area (Å²) >= 11 is 11.8. The number of anilines is 1.